The molecule has 2 aromatic rings. The van der Waals surface area contributed by atoms with Gasteiger partial charge in [-0.25, -0.2) is 13.2 Å². The van der Waals surface area contributed by atoms with Crippen LogP contribution in [-0.4, -0.2) is 50.5 Å². The van der Waals surface area contributed by atoms with E-state index in [1.165, 1.54) is 6.07 Å². The maximum absolute atomic E-state index is 13.3. The number of hydrogen-bond donors (Lipinski definition) is 1. The van der Waals surface area contributed by atoms with Crippen molar-refractivity contribution in [3.8, 4) is 0 Å². The number of nitrogens with one attached hydrogen (secondary N) is 1. The number of carbonyl (C=O) groups is 3. The number of amides is 4. The van der Waals surface area contributed by atoms with Gasteiger partial charge < -0.3 is 10.2 Å². The summed E-state index contributed by atoms with van der Waals surface area (Å²) in [5.41, 5.74) is 2.12. The molecule has 1 fully saturated rings. The highest BCUT2D eigenvalue weighted by molar-refractivity contribution is 7.90. The van der Waals surface area contributed by atoms with E-state index < -0.39 is 27.3 Å². The molecule has 1 spiro atoms. The SMILES string of the molecule is CS(=O)(=O)c1ccc2c(c1)CCCN2C(=O)CN1C(=O)NC2(CCc3ccccc32)C1=O. The number of hydrogen-bond acceptors (Lipinski definition) is 5. The largest absolute Gasteiger partial charge is 0.325 e. The van der Waals surface area contributed by atoms with Crippen LogP contribution >= 0.6 is 0 Å². The lowest BCUT2D eigenvalue weighted by Gasteiger charge is -2.31. The molecule has 2 aromatic carbocycles. The van der Waals surface area contributed by atoms with Crippen molar-refractivity contribution in [2.75, 3.05) is 24.2 Å². The first-order valence-electron chi connectivity index (χ1n) is 10.6. The summed E-state index contributed by atoms with van der Waals surface area (Å²) >= 11 is 0. The lowest BCUT2D eigenvalue weighted by atomic mass is 9.92. The molecule has 8 nitrogen and oxygen atoms in total. The third kappa shape index (κ3) is 3.10. The van der Waals surface area contributed by atoms with Crippen molar-refractivity contribution in [2.45, 2.75) is 36.1 Å². The predicted octanol–water partition coefficient (Wildman–Crippen LogP) is 1.76. The van der Waals surface area contributed by atoms with Crippen LogP contribution in [0.25, 0.3) is 0 Å². The number of nitrogens with zero attached hydrogens (tertiary/aromatic N) is 2. The van der Waals surface area contributed by atoms with E-state index in [4.69, 9.17) is 0 Å². The van der Waals surface area contributed by atoms with Crippen molar-refractivity contribution in [1.29, 1.82) is 0 Å². The molecule has 2 heterocycles. The number of aryl methyl sites for hydroxylation is 2. The topological polar surface area (TPSA) is 104 Å². The number of fused-ring (bicyclic) bond motifs is 3. The Hall–Kier alpha value is -3.20. The summed E-state index contributed by atoms with van der Waals surface area (Å²) in [6, 6.07) is 11.7. The van der Waals surface area contributed by atoms with Gasteiger partial charge in [0.05, 0.1) is 4.90 Å². The Morgan fingerprint density at radius 3 is 2.66 bits per heavy atom. The van der Waals surface area contributed by atoms with E-state index in [1.807, 2.05) is 24.3 Å². The van der Waals surface area contributed by atoms with E-state index in [0.717, 1.165) is 27.8 Å². The fourth-order valence-electron chi connectivity index (χ4n) is 5.02. The maximum atomic E-state index is 13.3. The van der Waals surface area contributed by atoms with Crippen LogP contribution in [0, 0.1) is 0 Å². The van der Waals surface area contributed by atoms with Crippen LogP contribution in [0.5, 0.6) is 0 Å². The van der Waals surface area contributed by atoms with E-state index >= 15 is 0 Å². The van der Waals surface area contributed by atoms with Gasteiger partial charge in [-0.1, -0.05) is 24.3 Å². The van der Waals surface area contributed by atoms with E-state index in [-0.39, 0.29) is 17.3 Å². The van der Waals surface area contributed by atoms with Crippen molar-refractivity contribution >= 4 is 33.4 Å². The van der Waals surface area contributed by atoms with Crippen molar-refractivity contribution in [3.63, 3.8) is 0 Å². The van der Waals surface area contributed by atoms with Crippen molar-refractivity contribution in [1.82, 2.24) is 10.2 Å². The first-order valence-corrected chi connectivity index (χ1v) is 12.5. The molecular formula is C23H23N3O5S. The van der Waals surface area contributed by atoms with Crippen LogP contribution in [0.1, 0.15) is 29.5 Å². The average Bonchev–Trinajstić information content (AvgIpc) is 3.25. The molecule has 1 aliphatic carbocycles. The number of carbonyl (C=O) groups excluding carboxylic acids is 3. The Bertz CT molecular complexity index is 1270. The Labute approximate surface area is 186 Å². The summed E-state index contributed by atoms with van der Waals surface area (Å²) in [5.74, 6) is -0.768. The molecule has 4 amide bonds. The zero-order chi connectivity index (χ0) is 22.7. The summed E-state index contributed by atoms with van der Waals surface area (Å²) in [4.78, 5) is 42.0. The molecule has 0 radical (unpaired) electrons. The van der Waals surface area contributed by atoms with E-state index in [9.17, 15) is 22.8 Å². The lowest BCUT2D eigenvalue weighted by Crippen LogP contribution is -2.46. The zero-order valence-electron chi connectivity index (χ0n) is 17.6. The molecule has 0 bridgehead atoms. The van der Waals surface area contributed by atoms with Gasteiger partial charge in [0.1, 0.15) is 12.1 Å². The number of urea groups is 1. The minimum Gasteiger partial charge on any atom is -0.319 e. The number of benzene rings is 2. The van der Waals surface area contributed by atoms with Crippen molar-refractivity contribution in [3.05, 3.63) is 59.2 Å². The first-order chi connectivity index (χ1) is 15.2. The van der Waals surface area contributed by atoms with Crippen LogP contribution in [-0.2, 0) is 37.8 Å². The van der Waals surface area contributed by atoms with Crippen LogP contribution in [0.2, 0.25) is 0 Å². The van der Waals surface area contributed by atoms with E-state index in [1.54, 1.807) is 17.0 Å². The van der Waals surface area contributed by atoms with Gasteiger partial charge in [-0.3, -0.25) is 14.5 Å². The van der Waals surface area contributed by atoms with Crippen molar-refractivity contribution < 1.29 is 22.8 Å². The van der Waals surface area contributed by atoms with Gasteiger partial charge in [-0.05, 0) is 60.6 Å². The van der Waals surface area contributed by atoms with Gasteiger partial charge in [0.2, 0.25) is 5.91 Å². The third-order valence-corrected chi connectivity index (χ3v) is 7.72. The highest BCUT2D eigenvalue weighted by Gasteiger charge is 2.55. The summed E-state index contributed by atoms with van der Waals surface area (Å²) in [6.07, 6.45) is 3.64. The number of rotatable bonds is 3. The highest BCUT2D eigenvalue weighted by atomic mass is 32.2. The number of sulfone groups is 1. The summed E-state index contributed by atoms with van der Waals surface area (Å²) in [7, 11) is -3.35. The Balaban J connectivity index is 1.40. The molecule has 2 aliphatic heterocycles. The second-order valence-corrected chi connectivity index (χ2v) is 10.6. The van der Waals surface area contributed by atoms with Crippen LogP contribution in [0.15, 0.2) is 47.4 Å². The third-order valence-electron chi connectivity index (χ3n) is 6.61. The lowest BCUT2D eigenvalue weighted by molar-refractivity contribution is -0.134. The molecule has 0 aromatic heterocycles. The monoisotopic (exact) mass is 453 g/mol. The van der Waals surface area contributed by atoms with Gasteiger partial charge in [0.15, 0.2) is 9.84 Å². The molecule has 3 aliphatic rings. The molecule has 9 heteroatoms. The average molecular weight is 454 g/mol. The predicted molar refractivity (Wildman–Crippen MR) is 117 cm³/mol. The molecule has 1 N–H and O–H groups in total. The van der Waals surface area contributed by atoms with E-state index in [0.29, 0.717) is 37.9 Å². The normalized spacial score (nSPS) is 22.2. The fraction of sp³-hybridized carbons (Fsp3) is 0.348. The van der Waals surface area contributed by atoms with Gasteiger partial charge in [-0.15, -0.1) is 0 Å². The van der Waals surface area contributed by atoms with Gasteiger partial charge in [0.25, 0.3) is 5.91 Å². The summed E-state index contributed by atoms with van der Waals surface area (Å²) in [5, 5.41) is 2.84. The van der Waals surface area contributed by atoms with Crippen LogP contribution in [0.3, 0.4) is 0 Å². The summed E-state index contributed by atoms with van der Waals surface area (Å²) in [6.45, 7) is 0.0868. The molecule has 1 saturated heterocycles. The first kappa shape index (κ1) is 20.7. The smallest absolute Gasteiger partial charge is 0.319 e. The standard InChI is InChI=1S/C23H23N3O5S/c1-32(30,31)17-8-9-19-16(13-17)6-4-12-25(19)20(27)14-26-21(28)23(24-22(26)29)11-10-15-5-2-3-7-18(15)23/h2-3,5,7-9,13H,4,6,10-12,14H2,1H3,(H,24,29). The molecule has 1 atom stereocenters. The van der Waals surface area contributed by atoms with Crippen molar-refractivity contribution in [2.24, 2.45) is 0 Å². The van der Waals surface area contributed by atoms with Crippen LogP contribution in [0.4, 0.5) is 10.5 Å². The van der Waals surface area contributed by atoms with Gasteiger partial charge in [-0.2, -0.15) is 0 Å². The molecule has 32 heavy (non-hydrogen) atoms. The zero-order valence-corrected chi connectivity index (χ0v) is 18.4. The molecular weight excluding hydrogens is 430 g/mol. The Morgan fingerprint density at radius 2 is 1.88 bits per heavy atom. The molecule has 0 saturated carbocycles. The van der Waals surface area contributed by atoms with Gasteiger partial charge in [0, 0.05) is 18.5 Å². The molecule has 166 valence electrons. The Kier molecular flexibility index (Phi) is 4.63. The maximum Gasteiger partial charge on any atom is 0.325 e. The summed E-state index contributed by atoms with van der Waals surface area (Å²) < 4.78 is 23.8. The quantitative estimate of drug-likeness (QED) is 0.714. The molecule has 5 rings (SSSR count). The minimum absolute atomic E-state index is 0.210. The highest BCUT2D eigenvalue weighted by Crippen LogP contribution is 2.41. The Morgan fingerprint density at radius 1 is 1.09 bits per heavy atom. The minimum atomic E-state index is -3.35. The van der Waals surface area contributed by atoms with E-state index in [2.05, 4.69) is 5.32 Å². The molecule has 1 unspecified atom stereocenters. The second kappa shape index (κ2) is 7.16. The fourth-order valence-corrected chi connectivity index (χ4v) is 5.69. The second-order valence-electron chi connectivity index (χ2n) is 8.60. The van der Waals surface area contributed by atoms with Gasteiger partial charge >= 0.3 is 6.03 Å². The van der Waals surface area contributed by atoms with Crippen LogP contribution < -0.4 is 10.2 Å². The number of imide groups is 1. The number of anilines is 1.